The Morgan fingerprint density at radius 2 is 1.90 bits per heavy atom. The van der Waals surface area contributed by atoms with Crippen molar-refractivity contribution in [1.29, 1.82) is 0 Å². The maximum absolute atomic E-state index is 14.1. The van der Waals surface area contributed by atoms with E-state index in [0.29, 0.717) is 22.9 Å². The van der Waals surface area contributed by atoms with Gasteiger partial charge in [0.2, 0.25) is 17.7 Å². The van der Waals surface area contributed by atoms with Crippen LogP contribution in [0.1, 0.15) is 38.2 Å². The van der Waals surface area contributed by atoms with E-state index in [1.807, 2.05) is 0 Å². The van der Waals surface area contributed by atoms with E-state index in [0.717, 1.165) is 25.7 Å². The van der Waals surface area contributed by atoms with E-state index in [9.17, 15) is 18.8 Å². The predicted molar refractivity (Wildman–Crippen MR) is 146 cm³/mol. The number of benzene rings is 2. The monoisotopic (exact) mass is 547 g/mol. The summed E-state index contributed by atoms with van der Waals surface area (Å²) >= 11 is 0. The van der Waals surface area contributed by atoms with Gasteiger partial charge >= 0.3 is 0 Å². The first kappa shape index (κ1) is 26.5. The van der Waals surface area contributed by atoms with Crippen molar-refractivity contribution in [3.63, 3.8) is 0 Å². The molecule has 3 amide bonds. The summed E-state index contributed by atoms with van der Waals surface area (Å²) in [4.78, 5) is 43.3. The van der Waals surface area contributed by atoms with Crippen LogP contribution in [0.5, 0.6) is 5.75 Å². The van der Waals surface area contributed by atoms with Crippen molar-refractivity contribution in [2.24, 2.45) is 17.8 Å². The molecule has 210 valence electrons. The number of methoxy groups -OCH3 is 1. The zero-order chi connectivity index (χ0) is 28.0. The average molecular weight is 548 g/mol. The molecule has 4 aliphatic rings. The summed E-state index contributed by atoms with van der Waals surface area (Å²) in [7, 11) is 1.55. The lowest BCUT2D eigenvalue weighted by molar-refractivity contribution is -0.142. The molecule has 0 unspecified atom stereocenters. The molecular formula is C31H34FN3O5. The average Bonchev–Trinajstić information content (AvgIpc) is 3.59. The largest absolute Gasteiger partial charge is 0.497 e. The first-order valence-corrected chi connectivity index (χ1v) is 14.0. The van der Waals surface area contributed by atoms with Crippen LogP contribution < -0.4 is 15.4 Å². The number of ether oxygens (including phenoxy) is 2. The van der Waals surface area contributed by atoms with Crippen LogP contribution >= 0.6 is 0 Å². The standard InChI is InChI=1S/C31H34FN3O5/c1-18-6-3-4-9-23(18)34-29(37)27-31-15-14-24(40-31)25(28(36)33-21-7-5-8-22(16-21)39-2)26(31)30(38)35(27)17-19-10-12-20(32)13-11-19/h5,7-8,10-16,18,23-27H,3-4,6,9,17H2,1-2H3,(H,33,36)(H,34,37)/t18-,23-,24+,25-,26+,27+,31+/m1/s1. The van der Waals surface area contributed by atoms with Gasteiger partial charge in [-0.05, 0) is 48.6 Å². The number of halogens is 1. The summed E-state index contributed by atoms with van der Waals surface area (Å²) in [6.07, 6.45) is 7.06. The Bertz CT molecular complexity index is 1350. The summed E-state index contributed by atoms with van der Waals surface area (Å²) < 4.78 is 25.3. The highest BCUT2D eigenvalue weighted by Gasteiger charge is 2.72. The first-order chi connectivity index (χ1) is 19.3. The summed E-state index contributed by atoms with van der Waals surface area (Å²) in [5, 5.41) is 6.14. The third kappa shape index (κ3) is 4.46. The molecule has 1 aliphatic carbocycles. The lowest BCUT2D eigenvalue weighted by atomic mass is 9.74. The van der Waals surface area contributed by atoms with E-state index in [1.165, 1.54) is 17.0 Å². The van der Waals surface area contributed by atoms with E-state index in [4.69, 9.17) is 9.47 Å². The molecule has 6 rings (SSSR count). The zero-order valence-corrected chi connectivity index (χ0v) is 22.6. The Labute approximate surface area is 232 Å². The minimum absolute atomic E-state index is 0.00853. The maximum Gasteiger partial charge on any atom is 0.246 e. The number of anilines is 1. The van der Waals surface area contributed by atoms with E-state index in [-0.39, 0.29) is 36.1 Å². The van der Waals surface area contributed by atoms with Crippen LogP contribution in [0.4, 0.5) is 10.1 Å². The molecule has 1 saturated carbocycles. The van der Waals surface area contributed by atoms with Crippen molar-refractivity contribution in [2.45, 2.75) is 62.9 Å². The molecule has 0 aromatic heterocycles. The van der Waals surface area contributed by atoms with Crippen LogP contribution in [0.3, 0.4) is 0 Å². The highest BCUT2D eigenvalue weighted by molar-refractivity contribution is 6.02. The minimum atomic E-state index is -1.26. The number of fused-ring (bicyclic) bond motifs is 1. The second-order valence-electron chi connectivity index (χ2n) is 11.4. The van der Waals surface area contributed by atoms with Crippen LogP contribution in [0.2, 0.25) is 0 Å². The minimum Gasteiger partial charge on any atom is -0.497 e. The molecule has 0 radical (unpaired) electrons. The molecule has 9 heteroatoms. The van der Waals surface area contributed by atoms with Crippen molar-refractivity contribution in [2.75, 3.05) is 12.4 Å². The molecule has 3 fully saturated rings. The number of amides is 3. The number of carbonyl (C=O) groups excluding carboxylic acids is 3. The maximum atomic E-state index is 14.1. The van der Waals surface area contributed by atoms with Crippen molar-refractivity contribution in [3.8, 4) is 5.75 Å². The third-order valence-electron chi connectivity index (χ3n) is 8.97. The Hall–Kier alpha value is -3.72. The Kier molecular flexibility index (Phi) is 6.86. The van der Waals surface area contributed by atoms with E-state index in [2.05, 4.69) is 17.6 Å². The van der Waals surface area contributed by atoms with Gasteiger partial charge in [-0.1, -0.05) is 50.1 Å². The highest BCUT2D eigenvalue weighted by Crippen LogP contribution is 2.55. The van der Waals surface area contributed by atoms with Gasteiger partial charge in [0.1, 0.15) is 23.2 Å². The molecule has 2 aromatic carbocycles. The van der Waals surface area contributed by atoms with Gasteiger partial charge in [-0.2, -0.15) is 0 Å². The van der Waals surface area contributed by atoms with Crippen LogP contribution in [-0.2, 0) is 25.7 Å². The van der Waals surface area contributed by atoms with Gasteiger partial charge in [0.25, 0.3) is 0 Å². The van der Waals surface area contributed by atoms with Crippen molar-refractivity contribution in [1.82, 2.24) is 10.2 Å². The zero-order valence-electron chi connectivity index (χ0n) is 22.6. The molecule has 3 aliphatic heterocycles. The molecule has 2 saturated heterocycles. The molecule has 8 nitrogen and oxygen atoms in total. The van der Waals surface area contributed by atoms with Gasteiger partial charge < -0.3 is 25.0 Å². The molecular weight excluding hydrogens is 513 g/mol. The SMILES string of the molecule is COc1cccc(NC(=O)[C@@H]2[C@@H]3C=C[C@]4(O3)[C@@H]2C(=O)N(Cc2ccc(F)cc2)[C@H]4C(=O)N[C@@H]2CCCC[C@H]2C)c1. The predicted octanol–water partition coefficient (Wildman–Crippen LogP) is 3.82. The second kappa shape index (κ2) is 10.4. The molecule has 2 N–H and O–H groups in total. The van der Waals surface area contributed by atoms with Crippen LogP contribution in [0.25, 0.3) is 0 Å². The third-order valence-corrected chi connectivity index (χ3v) is 8.97. The van der Waals surface area contributed by atoms with Gasteiger partial charge in [-0.25, -0.2) is 4.39 Å². The number of carbonyl (C=O) groups is 3. The van der Waals surface area contributed by atoms with Crippen molar-refractivity contribution < 1.29 is 28.2 Å². The van der Waals surface area contributed by atoms with Crippen LogP contribution in [0.15, 0.2) is 60.7 Å². The Morgan fingerprint density at radius 3 is 2.65 bits per heavy atom. The number of nitrogens with one attached hydrogen (secondary N) is 2. The van der Waals surface area contributed by atoms with Gasteiger partial charge in [0.05, 0.1) is 25.0 Å². The second-order valence-corrected chi connectivity index (χ2v) is 11.4. The van der Waals surface area contributed by atoms with Gasteiger partial charge in [-0.3, -0.25) is 14.4 Å². The number of nitrogens with zero attached hydrogens (tertiary/aromatic N) is 1. The van der Waals surface area contributed by atoms with Crippen molar-refractivity contribution in [3.05, 3.63) is 72.1 Å². The fourth-order valence-electron chi connectivity index (χ4n) is 6.94. The summed E-state index contributed by atoms with van der Waals surface area (Å²) in [6, 6.07) is 11.9. The fourth-order valence-corrected chi connectivity index (χ4v) is 6.94. The summed E-state index contributed by atoms with van der Waals surface area (Å²) in [5.74, 6) is -2.10. The quantitative estimate of drug-likeness (QED) is 0.514. The van der Waals surface area contributed by atoms with Crippen LogP contribution in [0, 0.1) is 23.6 Å². The van der Waals surface area contributed by atoms with Crippen LogP contribution in [-0.4, -0.2) is 53.5 Å². The van der Waals surface area contributed by atoms with Crippen molar-refractivity contribution >= 4 is 23.4 Å². The number of hydrogen-bond donors (Lipinski definition) is 2. The molecule has 2 aromatic rings. The Balaban J connectivity index is 1.32. The summed E-state index contributed by atoms with van der Waals surface area (Å²) in [6.45, 7) is 2.24. The smallest absolute Gasteiger partial charge is 0.246 e. The van der Waals surface area contributed by atoms with Gasteiger partial charge in [-0.15, -0.1) is 0 Å². The topological polar surface area (TPSA) is 97.0 Å². The summed E-state index contributed by atoms with van der Waals surface area (Å²) in [5.41, 5.74) is -0.0367. The van der Waals surface area contributed by atoms with Gasteiger partial charge in [0.15, 0.2) is 0 Å². The Morgan fingerprint density at radius 1 is 1.12 bits per heavy atom. The number of likely N-dealkylation sites (tertiary alicyclic amines) is 1. The molecule has 40 heavy (non-hydrogen) atoms. The molecule has 2 bridgehead atoms. The molecule has 7 atom stereocenters. The van der Waals surface area contributed by atoms with E-state index >= 15 is 0 Å². The van der Waals surface area contributed by atoms with E-state index in [1.54, 1.807) is 55.7 Å². The normalized spacial score (nSPS) is 32.2. The molecule has 1 spiro atoms. The lowest BCUT2D eigenvalue weighted by Crippen LogP contribution is -2.57. The van der Waals surface area contributed by atoms with E-state index < -0.39 is 29.6 Å². The number of hydrogen-bond acceptors (Lipinski definition) is 5. The highest BCUT2D eigenvalue weighted by atomic mass is 19.1. The lowest BCUT2D eigenvalue weighted by Gasteiger charge is -2.36. The first-order valence-electron chi connectivity index (χ1n) is 14.0. The molecule has 3 heterocycles. The fraction of sp³-hybridized carbons (Fsp3) is 0.452. The number of rotatable bonds is 7. The van der Waals surface area contributed by atoms with Gasteiger partial charge in [0, 0.05) is 24.3 Å².